The molecule has 0 bridgehead atoms. The molecule has 1 aliphatic rings. The Hall–Kier alpha value is -0.475. The summed E-state index contributed by atoms with van der Waals surface area (Å²) in [6.07, 6.45) is 4.30. The molecule has 0 saturated heterocycles. The third-order valence-electron chi connectivity index (χ3n) is 1.18. The van der Waals surface area contributed by atoms with Gasteiger partial charge >= 0.3 is 7.12 Å². The zero-order chi connectivity index (χ0) is 5.98. The van der Waals surface area contributed by atoms with E-state index in [1.807, 2.05) is 6.08 Å². The van der Waals surface area contributed by atoms with Gasteiger partial charge in [-0.15, -0.1) is 0 Å². The molecule has 0 fully saturated rings. The summed E-state index contributed by atoms with van der Waals surface area (Å²) >= 11 is 0. The third-order valence-corrected chi connectivity index (χ3v) is 1.18. The van der Waals surface area contributed by atoms with Gasteiger partial charge in [-0.3, -0.25) is 0 Å². The van der Waals surface area contributed by atoms with Crippen molar-refractivity contribution in [1.82, 2.24) is 5.32 Å². The molecule has 3 nitrogen and oxygen atoms in total. The molecule has 0 amide bonds. The first kappa shape index (κ1) is 5.66. The molecule has 1 aliphatic heterocycles. The van der Waals surface area contributed by atoms with Crippen molar-refractivity contribution in [3.63, 3.8) is 0 Å². The highest BCUT2D eigenvalue weighted by atomic mass is 16.4. The molecule has 1 atom stereocenters. The molecule has 0 unspecified atom stereocenters. The second-order valence-corrected chi connectivity index (χ2v) is 1.82. The van der Waals surface area contributed by atoms with Crippen molar-refractivity contribution in [3.8, 4) is 0 Å². The van der Waals surface area contributed by atoms with Gasteiger partial charge in [0.25, 0.3) is 0 Å². The fourth-order valence-electron chi connectivity index (χ4n) is 0.682. The van der Waals surface area contributed by atoms with E-state index in [2.05, 4.69) is 5.32 Å². The Labute approximate surface area is 48.2 Å². The van der Waals surface area contributed by atoms with Gasteiger partial charge in [0.15, 0.2) is 0 Å². The standard InChI is InChI=1S/C4H8BNO2/c7-5(8)4-2-1-3-6-4/h1,3-4,6-8H,2H2/t4-/m1/s1. The molecule has 0 saturated carbocycles. The average molecular weight is 113 g/mol. The van der Waals surface area contributed by atoms with Gasteiger partial charge in [0, 0.05) is 0 Å². The van der Waals surface area contributed by atoms with E-state index in [1.54, 1.807) is 6.20 Å². The molecule has 0 aromatic carbocycles. The van der Waals surface area contributed by atoms with Gasteiger partial charge < -0.3 is 15.4 Å². The minimum atomic E-state index is -1.23. The van der Waals surface area contributed by atoms with Crippen molar-refractivity contribution in [2.24, 2.45) is 0 Å². The molecule has 3 N–H and O–H groups in total. The average Bonchev–Trinajstić information content (AvgIpc) is 2.12. The van der Waals surface area contributed by atoms with Crippen LogP contribution in [0.15, 0.2) is 12.3 Å². The van der Waals surface area contributed by atoms with Crippen LogP contribution in [0.3, 0.4) is 0 Å². The Kier molecular flexibility index (Phi) is 1.55. The molecular weight excluding hydrogens is 105 g/mol. The molecule has 8 heavy (non-hydrogen) atoms. The van der Waals surface area contributed by atoms with Gasteiger partial charge in [-0.1, -0.05) is 6.08 Å². The maximum Gasteiger partial charge on any atom is 0.475 e. The molecule has 0 radical (unpaired) electrons. The molecule has 1 rings (SSSR count). The summed E-state index contributed by atoms with van der Waals surface area (Å²) in [5.41, 5.74) is 0. The van der Waals surface area contributed by atoms with Crippen LogP contribution in [0.4, 0.5) is 0 Å². The van der Waals surface area contributed by atoms with Gasteiger partial charge in [0.2, 0.25) is 0 Å². The van der Waals surface area contributed by atoms with Crippen molar-refractivity contribution in [2.45, 2.75) is 12.4 Å². The predicted molar refractivity (Wildman–Crippen MR) is 30.9 cm³/mol. The Morgan fingerprint density at radius 1 is 1.62 bits per heavy atom. The predicted octanol–water partition coefficient (Wildman–Crippen LogP) is -1.13. The van der Waals surface area contributed by atoms with Crippen LogP contribution in [-0.4, -0.2) is 23.1 Å². The lowest BCUT2D eigenvalue weighted by atomic mass is 9.79. The van der Waals surface area contributed by atoms with E-state index in [9.17, 15) is 0 Å². The van der Waals surface area contributed by atoms with Gasteiger partial charge in [0.05, 0.1) is 5.94 Å². The lowest BCUT2D eigenvalue weighted by Gasteiger charge is -2.06. The van der Waals surface area contributed by atoms with Crippen LogP contribution >= 0.6 is 0 Å². The van der Waals surface area contributed by atoms with E-state index in [-0.39, 0.29) is 5.94 Å². The maximum atomic E-state index is 8.51. The molecule has 0 aliphatic carbocycles. The summed E-state index contributed by atoms with van der Waals surface area (Å²) in [7, 11) is -1.23. The summed E-state index contributed by atoms with van der Waals surface area (Å²) in [6, 6.07) is 0. The first-order valence-electron chi connectivity index (χ1n) is 2.58. The van der Waals surface area contributed by atoms with E-state index in [0.29, 0.717) is 6.42 Å². The number of hydrogen-bond donors (Lipinski definition) is 3. The van der Waals surface area contributed by atoms with E-state index in [4.69, 9.17) is 10.0 Å². The van der Waals surface area contributed by atoms with E-state index < -0.39 is 7.12 Å². The molecule has 44 valence electrons. The van der Waals surface area contributed by atoms with Gasteiger partial charge in [-0.25, -0.2) is 0 Å². The highest BCUT2D eigenvalue weighted by Crippen LogP contribution is 2.00. The zero-order valence-corrected chi connectivity index (χ0v) is 4.41. The van der Waals surface area contributed by atoms with E-state index in [0.717, 1.165) is 0 Å². The number of rotatable bonds is 1. The monoisotopic (exact) mass is 113 g/mol. The van der Waals surface area contributed by atoms with Crippen LogP contribution in [0.5, 0.6) is 0 Å². The third kappa shape index (κ3) is 1.02. The zero-order valence-electron chi connectivity index (χ0n) is 4.41. The molecule has 1 heterocycles. The summed E-state index contributed by atoms with van der Waals surface area (Å²) in [4.78, 5) is 0. The lowest BCUT2D eigenvalue weighted by molar-refractivity contribution is 0.382. The van der Waals surface area contributed by atoms with Crippen LogP contribution < -0.4 is 5.32 Å². The second kappa shape index (κ2) is 2.20. The summed E-state index contributed by atoms with van der Waals surface area (Å²) in [5, 5.41) is 19.8. The lowest BCUT2D eigenvalue weighted by Crippen LogP contribution is -2.37. The second-order valence-electron chi connectivity index (χ2n) is 1.82. The fraction of sp³-hybridized carbons (Fsp3) is 0.500. The van der Waals surface area contributed by atoms with Gasteiger partial charge in [0.1, 0.15) is 0 Å². The van der Waals surface area contributed by atoms with Crippen LogP contribution in [0, 0.1) is 0 Å². The number of nitrogens with one attached hydrogen (secondary N) is 1. The number of hydrogen-bond acceptors (Lipinski definition) is 3. The minimum Gasteiger partial charge on any atom is -0.426 e. The Bertz CT molecular complexity index is 96.2. The summed E-state index contributed by atoms with van der Waals surface area (Å²) < 4.78 is 0. The molecular formula is C4H8BNO2. The van der Waals surface area contributed by atoms with Gasteiger partial charge in [-0.2, -0.15) is 0 Å². The highest BCUT2D eigenvalue weighted by molar-refractivity contribution is 6.43. The summed E-state index contributed by atoms with van der Waals surface area (Å²) in [6.45, 7) is 0. The first-order chi connectivity index (χ1) is 3.80. The molecule has 0 aromatic heterocycles. The quantitative estimate of drug-likeness (QED) is 0.377. The first-order valence-corrected chi connectivity index (χ1v) is 2.58. The van der Waals surface area contributed by atoms with Crippen LogP contribution in [-0.2, 0) is 0 Å². The Morgan fingerprint density at radius 3 is 2.62 bits per heavy atom. The van der Waals surface area contributed by atoms with E-state index in [1.165, 1.54) is 0 Å². The van der Waals surface area contributed by atoms with Crippen LogP contribution in [0.25, 0.3) is 0 Å². The van der Waals surface area contributed by atoms with Crippen LogP contribution in [0.1, 0.15) is 6.42 Å². The summed E-state index contributed by atoms with van der Waals surface area (Å²) in [5.74, 6) is -0.185. The SMILES string of the molecule is OB(O)[C@H]1CC=CN1. The molecule has 0 spiro atoms. The molecule has 4 heteroatoms. The normalized spacial score (nSPS) is 25.5. The smallest absolute Gasteiger partial charge is 0.426 e. The largest absolute Gasteiger partial charge is 0.475 e. The molecule has 0 aromatic rings. The van der Waals surface area contributed by atoms with Crippen molar-refractivity contribution >= 4 is 7.12 Å². The Morgan fingerprint density at radius 2 is 2.38 bits per heavy atom. The van der Waals surface area contributed by atoms with Crippen molar-refractivity contribution in [1.29, 1.82) is 0 Å². The minimum absolute atomic E-state index is 0.185. The van der Waals surface area contributed by atoms with Gasteiger partial charge in [-0.05, 0) is 12.6 Å². The maximum absolute atomic E-state index is 8.51. The fourth-order valence-corrected chi connectivity index (χ4v) is 0.682. The van der Waals surface area contributed by atoms with E-state index >= 15 is 0 Å². The van der Waals surface area contributed by atoms with Crippen LogP contribution in [0.2, 0.25) is 0 Å². The van der Waals surface area contributed by atoms with Crippen molar-refractivity contribution in [2.75, 3.05) is 0 Å². The Balaban J connectivity index is 2.29. The highest BCUT2D eigenvalue weighted by Gasteiger charge is 2.22. The van der Waals surface area contributed by atoms with Crippen molar-refractivity contribution in [3.05, 3.63) is 12.3 Å². The van der Waals surface area contributed by atoms with Crippen molar-refractivity contribution < 1.29 is 10.0 Å². The topological polar surface area (TPSA) is 52.5 Å².